The van der Waals surface area contributed by atoms with Crippen molar-refractivity contribution in [1.82, 2.24) is 9.55 Å². The molecular formula is C11H12N4O. The second-order valence-electron chi connectivity index (χ2n) is 3.46. The van der Waals surface area contributed by atoms with Crippen LogP contribution in [0, 0.1) is 0 Å². The summed E-state index contributed by atoms with van der Waals surface area (Å²) in [6.07, 6.45) is 1.52. The number of nitrogens with zero attached hydrogens (tertiary/aromatic N) is 2. The van der Waals surface area contributed by atoms with Crippen LogP contribution in [0.4, 0.5) is 5.82 Å². The van der Waals surface area contributed by atoms with E-state index in [1.165, 1.54) is 6.33 Å². The van der Waals surface area contributed by atoms with Crippen LogP contribution in [-0.2, 0) is 6.54 Å². The minimum absolute atomic E-state index is 0.121. The lowest BCUT2D eigenvalue weighted by Crippen LogP contribution is -2.14. The van der Waals surface area contributed by atoms with Gasteiger partial charge >= 0.3 is 0 Å². The summed E-state index contributed by atoms with van der Waals surface area (Å²) in [7, 11) is 0. The molecule has 0 aliphatic rings. The van der Waals surface area contributed by atoms with E-state index < -0.39 is 5.91 Å². The Morgan fingerprint density at radius 3 is 2.56 bits per heavy atom. The number of nitrogens with two attached hydrogens (primary N) is 2. The van der Waals surface area contributed by atoms with E-state index in [0.717, 1.165) is 5.56 Å². The number of primary amides is 1. The molecule has 4 N–H and O–H groups in total. The lowest BCUT2D eigenvalue weighted by molar-refractivity contribution is 0.0997. The molecule has 0 saturated carbocycles. The lowest BCUT2D eigenvalue weighted by Gasteiger charge is -2.04. The number of hydrogen-bond donors (Lipinski definition) is 2. The molecule has 1 heterocycles. The number of nitrogen functional groups attached to an aromatic ring is 1. The van der Waals surface area contributed by atoms with E-state index in [4.69, 9.17) is 11.5 Å². The fraction of sp³-hybridized carbons (Fsp3) is 0.0909. The minimum atomic E-state index is -0.607. The monoisotopic (exact) mass is 216 g/mol. The fourth-order valence-corrected chi connectivity index (χ4v) is 1.49. The molecule has 16 heavy (non-hydrogen) atoms. The number of imidazole rings is 1. The highest BCUT2D eigenvalue weighted by molar-refractivity contribution is 5.95. The van der Waals surface area contributed by atoms with E-state index in [1.54, 1.807) is 4.57 Å². The van der Waals surface area contributed by atoms with Crippen molar-refractivity contribution >= 4 is 11.7 Å². The molecule has 0 atom stereocenters. The first-order chi connectivity index (χ1) is 7.68. The van der Waals surface area contributed by atoms with Gasteiger partial charge in [0, 0.05) is 0 Å². The van der Waals surface area contributed by atoms with E-state index in [9.17, 15) is 4.79 Å². The third-order valence-electron chi connectivity index (χ3n) is 2.31. The van der Waals surface area contributed by atoms with Crippen LogP contribution in [0.3, 0.4) is 0 Å². The zero-order chi connectivity index (χ0) is 11.5. The molecule has 5 nitrogen and oxygen atoms in total. The van der Waals surface area contributed by atoms with Gasteiger partial charge in [-0.05, 0) is 5.56 Å². The smallest absolute Gasteiger partial charge is 0.271 e. The van der Waals surface area contributed by atoms with Crippen molar-refractivity contribution < 1.29 is 4.79 Å². The van der Waals surface area contributed by atoms with Crippen molar-refractivity contribution in [2.75, 3.05) is 5.73 Å². The molecular weight excluding hydrogens is 204 g/mol. The summed E-state index contributed by atoms with van der Waals surface area (Å²) in [6, 6.07) is 9.78. The predicted molar refractivity (Wildman–Crippen MR) is 60.7 cm³/mol. The molecule has 5 heteroatoms. The third kappa shape index (κ3) is 1.88. The molecule has 0 fully saturated rings. The maximum atomic E-state index is 11.0. The summed E-state index contributed by atoms with van der Waals surface area (Å²) in [6.45, 7) is 0.576. The van der Waals surface area contributed by atoms with Crippen LogP contribution in [0.1, 0.15) is 16.1 Å². The first-order valence-corrected chi connectivity index (χ1v) is 4.83. The Balaban J connectivity index is 2.26. The average molecular weight is 216 g/mol. The van der Waals surface area contributed by atoms with Crippen molar-refractivity contribution in [3.63, 3.8) is 0 Å². The molecule has 0 aliphatic heterocycles. The summed E-state index contributed by atoms with van der Waals surface area (Å²) in [5.41, 5.74) is 12.1. The molecule has 2 rings (SSSR count). The lowest BCUT2D eigenvalue weighted by atomic mass is 10.2. The molecule has 1 aromatic heterocycles. The van der Waals surface area contributed by atoms with Crippen LogP contribution >= 0.6 is 0 Å². The Morgan fingerprint density at radius 2 is 2.00 bits per heavy atom. The third-order valence-corrected chi connectivity index (χ3v) is 2.31. The number of benzene rings is 1. The Kier molecular flexibility index (Phi) is 2.59. The van der Waals surface area contributed by atoms with Crippen LogP contribution in [0.5, 0.6) is 0 Å². The van der Waals surface area contributed by atoms with E-state index in [1.807, 2.05) is 30.3 Å². The second-order valence-corrected chi connectivity index (χ2v) is 3.46. The van der Waals surface area contributed by atoms with E-state index >= 15 is 0 Å². The molecule has 1 amide bonds. The normalized spacial score (nSPS) is 10.2. The Labute approximate surface area is 92.7 Å². The number of carbonyl (C=O) groups is 1. The van der Waals surface area contributed by atoms with Crippen molar-refractivity contribution in [2.24, 2.45) is 5.73 Å². The maximum Gasteiger partial charge on any atom is 0.271 e. The van der Waals surface area contributed by atoms with Crippen LogP contribution in [0.25, 0.3) is 0 Å². The van der Waals surface area contributed by atoms with Gasteiger partial charge in [0.2, 0.25) is 0 Å². The minimum Gasteiger partial charge on any atom is -0.383 e. The summed E-state index contributed by atoms with van der Waals surface area (Å²) >= 11 is 0. The Morgan fingerprint density at radius 1 is 1.31 bits per heavy atom. The average Bonchev–Trinajstić information content (AvgIpc) is 2.62. The van der Waals surface area contributed by atoms with Crippen LogP contribution in [0.2, 0.25) is 0 Å². The van der Waals surface area contributed by atoms with Gasteiger partial charge in [-0.15, -0.1) is 0 Å². The van der Waals surface area contributed by atoms with Gasteiger partial charge in [-0.3, -0.25) is 4.79 Å². The highest BCUT2D eigenvalue weighted by Crippen LogP contribution is 2.11. The van der Waals surface area contributed by atoms with Gasteiger partial charge in [0.1, 0.15) is 5.82 Å². The SMILES string of the molecule is NC(=O)c1ncn(Cc2ccccc2)c1N. The van der Waals surface area contributed by atoms with E-state index in [0.29, 0.717) is 12.4 Å². The van der Waals surface area contributed by atoms with Gasteiger partial charge in [0.25, 0.3) is 5.91 Å². The van der Waals surface area contributed by atoms with Gasteiger partial charge in [-0.1, -0.05) is 30.3 Å². The molecule has 0 saturated heterocycles. The zero-order valence-corrected chi connectivity index (χ0v) is 8.63. The maximum absolute atomic E-state index is 11.0. The Bertz CT molecular complexity index is 504. The number of aromatic nitrogens is 2. The number of hydrogen-bond acceptors (Lipinski definition) is 3. The predicted octanol–water partition coefficient (Wildman–Crippen LogP) is 0.612. The van der Waals surface area contributed by atoms with Crippen LogP contribution < -0.4 is 11.5 Å². The van der Waals surface area contributed by atoms with Crippen molar-refractivity contribution in [2.45, 2.75) is 6.54 Å². The van der Waals surface area contributed by atoms with E-state index in [-0.39, 0.29) is 5.69 Å². The Hall–Kier alpha value is -2.30. The van der Waals surface area contributed by atoms with Crippen molar-refractivity contribution in [1.29, 1.82) is 0 Å². The summed E-state index contributed by atoms with van der Waals surface area (Å²) in [4.78, 5) is 14.8. The second kappa shape index (κ2) is 4.06. The highest BCUT2D eigenvalue weighted by Gasteiger charge is 2.12. The molecule has 82 valence electrons. The molecule has 0 radical (unpaired) electrons. The van der Waals surface area contributed by atoms with Gasteiger partial charge in [-0.25, -0.2) is 4.98 Å². The summed E-state index contributed by atoms with van der Waals surface area (Å²) in [5, 5.41) is 0. The van der Waals surface area contributed by atoms with Gasteiger partial charge in [-0.2, -0.15) is 0 Å². The number of anilines is 1. The zero-order valence-electron chi connectivity index (χ0n) is 8.63. The first kappa shape index (κ1) is 10.2. The number of carbonyl (C=O) groups excluding carboxylic acids is 1. The summed E-state index contributed by atoms with van der Waals surface area (Å²) < 4.78 is 1.69. The van der Waals surface area contributed by atoms with Gasteiger partial charge in [0.15, 0.2) is 5.69 Å². The number of rotatable bonds is 3. The van der Waals surface area contributed by atoms with Crippen LogP contribution in [-0.4, -0.2) is 15.5 Å². The van der Waals surface area contributed by atoms with Gasteiger partial charge in [0.05, 0.1) is 12.9 Å². The molecule has 0 bridgehead atoms. The molecule has 0 unspecified atom stereocenters. The molecule has 2 aromatic rings. The fourth-order valence-electron chi connectivity index (χ4n) is 1.49. The quantitative estimate of drug-likeness (QED) is 0.788. The standard InChI is InChI=1S/C11H12N4O/c12-10-9(11(13)16)14-7-15(10)6-8-4-2-1-3-5-8/h1-5,7H,6,12H2,(H2,13,16). The molecule has 0 spiro atoms. The van der Waals surface area contributed by atoms with Crippen LogP contribution in [0.15, 0.2) is 36.7 Å². The summed E-state index contributed by atoms with van der Waals surface area (Å²) in [5.74, 6) is -0.305. The number of amides is 1. The largest absolute Gasteiger partial charge is 0.383 e. The van der Waals surface area contributed by atoms with Gasteiger partial charge < -0.3 is 16.0 Å². The highest BCUT2D eigenvalue weighted by atomic mass is 16.1. The topological polar surface area (TPSA) is 86.9 Å². The van der Waals surface area contributed by atoms with Crippen molar-refractivity contribution in [3.8, 4) is 0 Å². The van der Waals surface area contributed by atoms with E-state index in [2.05, 4.69) is 4.98 Å². The molecule has 0 aliphatic carbocycles. The van der Waals surface area contributed by atoms with Crippen molar-refractivity contribution in [3.05, 3.63) is 47.9 Å². The first-order valence-electron chi connectivity index (χ1n) is 4.83. The molecule has 1 aromatic carbocycles.